The molecule has 0 aliphatic rings. The Morgan fingerprint density at radius 2 is 1.75 bits per heavy atom. The van der Waals surface area contributed by atoms with Gasteiger partial charge in [0.25, 0.3) is 0 Å². The highest BCUT2D eigenvalue weighted by atomic mass is 79.9. The third kappa shape index (κ3) is 2.79. The summed E-state index contributed by atoms with van der Waals surface area (Å²) in [5.74, 6) is 0. The molecule has 0 aliphatic heterocycles. The van der Waals surface area contributed by atoms with Crippen LogP contribution in [0.5, 0.6) is 0 Å². The van der Waals surface area contributed by atoms with E-state index in [9.17, 15) is 0 Å². The van der Waals surface area contributed by atoms with Crippen molar-refractivity contribution in [2.75, 3.05) is 5.32 Å². The number of hydrogen-bond donors (Lipinski definition) is 1. The maximum Gasteiger partial charge on any atom is 0.115 e. The first-order valence-electron chi connectivity index (χ1n) is 5.03. The first-order chi connectivity index (χ1) is 7.75. The van der Waals surface area contributed by atoms with E-state index in [-0.39, 0.29) is 6.04 Å². The van der Waals surface area contributed by atoms with E-state index in [2.05, 4.69) is 50.3 Å². The highest BCUT2D eigenvalue weighted by Gasteiger charge is 2.04. The second-order valence-corrected chi connectivity index (χ2v) is 4.46. The number of halogens is 1. The van der Waals surface area contributed by atoms with Crippen LogP contribution in [0.3, 0.4) is 0 Å². The molecule has 2 aromatic rings. The molecule has 0 radical (unpaired) electrons. The van der Waals surface area contributed by atoms with E-state index in [1.165, 1.54) is 11.9 Å². The number of aromatic nitrogens is 2. The zero-order chi connectivity index (χ0) is 11.4. The summed E-state index contributed by atoms with van der Waals surface area (Å²) in [7, 11) is 0. The quantitative estimate of drug-likeness (QED) is 0.934. The van der Waals surface area contributed by atoms with Crippen LogP contribution in [0.4, 0.5) is 5.69 Å². The molecule has 3 nitrogen and oxygen atoms in total. The van der Waals surface area contributed by atoms with Crippen molar-refractivity contribution in [2.24, 2.45) is 0 Å². The average Bonchev–Trinajstić information content (AvgIpc) is 2.31. The number of hydrogen-bond acceptors (Lipinski definition) is 3. The zero-order valence-electron chi connectivity index (χ0n) is 8.89. The van der Waals surface area contributed by atoms with Gasteiger partial charge >= 0.3 is 0 Å². The van der Waals surface area contributed by atoms with Gasteiger partial charge in [0.2, 0.25) is 0 Å². The summed E-state index contributed by atoms with van der Waals surface area (Å²) in [5.41, 5.74) is 2.16. The zero-order valence-corrected chi connectivity index (χ0v) is 10.5. The fourth-order valence-electron chi connectivity index (χ4n) is 1.46. The van der Waals surface area contributed by atoms with Crippen molar-refractivity contribution < 1.29 is 0 Å². The largest absolute Gasteiger partial charge is 0.376 e. The number of rotatable bonds is 3. The topological polar surface area (TPSA) is 37.8 Å². The summed E-state index contributed by atoms with van der Waals surface area (Å²) in [6.07, 6.45) is 5.06. The van der Waals surface area contributed by atoms with Gasteiger partial charge in [0, 0.05) is 10.5 Å². The fourth-order valence-corrected chi connectivity index (χ4v) is 1.72. The minimum atomic E-state index is 0.235. The van der Waals surface area contributed by atoms with E-state index in [1.54, 1.807) is 12.4 Å². The van der Waals surface area contributed by atoms with E-state index in [4.69, 9.17) is 0 Å². The Labute approximate surface area is 103 Å². The molecular formula is C12H12BrN3. The van der Waals surface area contributed by atoms with Gasteiger partial charge in [0.1, 0.15) is 6.33 Å². The monoisotopic (exact) mass is 277 g/mol. The summed E-state index contributed by atoms with van der Waals surface area (Å²) in [6, 6.07) is 8.49. The molecular weight excluding hydrogens is 266 g/mol. The Morgan fingerprint density at radius 3 is 2.38 bits per heavy atom. The molecule has 1 N–H and O–H groups in total. The maximum atomic E-state index is 3.96. The highest BCUT2D eigenvalue weighted by Crippen LogP contribution is 2.19. The number of nitrogens with one attached hydrogen (secondary N) is 1. The van der Waals surface area contributed by atoms with Crippen molar-refractivity contribution in [3.63, 3.8) is 0 Å². The summed E-state index contributed by atoms with van der Waals surface area (Å²) in [4.78, 5) is 7.93. The second kappa shape index (κ2) is 5.07. The lowest BCUT2D eigenvalue weighted by atomic mass is 10.1. The summed E-state index contributed by atoms with van der Waals surface area (Å²) in [5, 5.41) is 3.34. The molecule has 0 saturated heterocycles. The van der Waals surface area contributed by atoms with Crippen LogP contribution in [-0.2, 0) is 0 Å². The lowest BCUT2D eigenvalue weighted by molar-refractivity contribution is 0.879. The third-order valence-corrected chi connectivity index (χ3v) is 2.84. The Kier molecular flexibility index (Phi) is 3.51. The molecule has 1 heterocycles. The van der Waals surface area contributed by atoms with E-state index < -0.39 is 0 Å². The van der Waals surface area contributed by atoms with Crippen LogP contribution in [0.25, 0.3) is 0 Å². The molecule has 82 valence electrons. The van der Waals surface area contributed by atoms with E-state index in [0.717, 1.165) is 10.2 Å². The van der Waals surface area contributed by atoms with Gasteiger partial charge in [-0.1, -0.05) is 28.1 Å². The lowest BCUT2D eigenvalue weighted by Gasteiger charge is -2.14. The SMILES string of the molecule is CC(Nc1cncnc1)c1ccc(Br)cc1. The molecule has 0 amide bonds. The number of nitrogens with zero attached hydrogens (tertiary/aromatic N) is 2. The number of benzene rings is 1. The van der Waals surface area contributed by atoms with Gasteiger partial charge in [0.15, 0.2) is 0 Å². The Morgan fingerprint density at radius 1 is 1.12 bits per heavy atom. The highest BCUT2D eigenvalue weighted by molar-refractivity contribution is 9.10. The van der Waals surface area contributed by atoms with E-state index >= 15 is 0 Å². The Balaban J connectivity index is 2.09. The smallest absolute Gasteiger partial charge is 0.115 e. The first kappa shape index (κ1) is 11.1. The van der Waals surface area contributed by atoms with Crippen LogP contribution in [0, 0.1) is 0 Å². The maximum absolute atomic E-state index is 3.96. The van der Waals surface area contributed by atoms with Gasteiger partial charge in [-0.15, -0.1) is 0 Å². The van der Waals surface area contributed by atoms with Crippen molar-refractivity contribution in [3.05, 3.63) is 53.0 Å². The van der Waals surface area contributed by atoms with Crippen molar-refractivity contribution >= 4 is 21.6 Å². The molecule has 0 bridgehead atoms. The molecule has 0 fully saturated rings. The van der Waals surface area contributed by atoms with E-state index in [0.29, 0.717) is 0 Å². The van der Waals surface area contributed by atoms with Crippen molar-refractivity contribution in [3.8, 4) is 0 Å². The van der Waals surface area contributed by atoms with Crippen molar-refractivity contribution in [2.45, 2.75) is 13.0 Å². The van der Waals surface area contributed by atoms with Crippen LogP contribution in [0.2, 0.25) is 0 Å². The first-order valence-corrected chi connectivity index (χ1v) is 5.82. The summed E-state index contributed by atoms with van der Waals surface area (Å²) >= 11 is 3.42. The summed E-state index contributed by atoms with van der Waals surface area (Å²) in [6.45, 7) is 2.11. The molecule has 2 rings (SSSR count). The Hall–Kier alpha value is -1.42. The predicted octanol–water partition coefficient (Wildman–Crippen LogP) is 3.41. The predicted molar refractivity (Wildman–Crippen MR) is 68.2 cm³/mol. The minimum Gasteiger partial charge on any atom is -0.376 e. The standard InChI is InChI=1S/C12H12BrN3/c1-9(10-2-4-11(13)5-3-10)16-12-6-14-8-15-7-12/h2-9,16H,1H3. The van der Waals surface area contributed by atoms with Crippen molar-refractivity contribution in [1.82, 2.24) is 9.97 Å². The molecule has 1 aromatic carbocycles. The van der Waals surface area contributed by atoms with Crippen LogP contribution >= 0.6 is 15.9 Å². The van der Waals surface area contributed by atoms with Crippen LogP contribution < -0.4 is 5.32 Å². The number of anilines is 1. The van der Waals surface area contributed by atoms with E-state index in [1.807, 2.05) is 12.1 Å². The fraction of sp³-hybridized carbons (Fsp3) is 0.167. The average molecular weight is 278 g/mol. The van der Waals surface area contributed by atoms with Crippen LogP contribution in [-0.4, -0.2) is 9.97 Å². The molecule has 1 aromatic heterocycles. The van der Waals surface area contributed by atoms with Gasteiger partial charge in [-0.05, 0) is 24.6 Å². The molecule has 4 heteroatoms. The second-order valence-electron chi connectivity index (χ2n) is 3.54. The molecule has 0 aliphatic carbocycles. The van der Waals surface area contributed by atoms with Gasteiger partial charge in [-0.25, -0.2) is 9.97 Å². The normalized spacial score (nSPS) is 12.1. The summed E-state index contributed by atoms with van der Waals surface area (Å²) < 4.78 is 1.09. The molecule has 0 spiro atoms. The van der Waals surface area contributed by atoms with Gasteiger partial charge in [-0.3, -0.25) is 0 Å². The Bertz CT molecular complexity index is 442. The molecule has 0 saturated carbocycles. The molecule has 1 unspecified atom stereocenters. The lowest BCUT2D eigenvalue weighted by Crippen LogP contribution is -2.06. The molecule has 1 atom stereocenters. The van der Waals surface area contributed by atoms with Crippen LogP contribution in [0.15, 0.2) is 47.5 Å². The van der Waals surface area contributed by atoms with Gasteiger partial charge in [-0.2, -0.15) is 0 Å². The minimum absolute atomic E-state index is 0.235. The van der Waals surface area contributed by atoms with Crippen LogP contribution in [0.1, 0.15) is 18.5 Å². The van der Waals surface area contributed by atoms with Gasteiger partial charge in [0.05, 0.1) is 18.1 Å². The van der Waals surface area contributed by atoms with Gasteiger partial charge < -0.3 is 5.32 Å². The molecule has 16 heavy (non-hydrogen) atoms. The third-order valence-electron chi connectivity index (χ3n) is 2.31. The van der Waals surface area contributed by atoms with Crippen molar-refractivity contribution in [1.29, 1.82) is 0 Å².